The lowest BCUT2D eigenvalue weighted by atomic mass is 9.99. The molecule has 1 fully saturated rings. The fourth-order valence-electron chi connectivity index (χ4n) is 5.57. The molecule has 0 aliphatic carbocycles. The highest BCUT2D eigenvalue weighted by Crippen LogP contribution is 2.38. The largest absolute Gasteiger partial charge is 0.495 e. The molecule has 40 heavy (non-hydrogen) atoms. The smallest absolute Gasteiger partial charge is 0.342 e. The Hall–Kier alpha value is -3.53. The van der Waals surface area contributed by atoms with Crippen LogP contribution >= 0.6 is 12.4 Å². The summed E-state index contributed by atoms with van der Waals surface area (Å²) in [4.78, 5) is 18.8. The van der Waals surface area contributed by atoms with E-state index in [4.69, 9.17) is 8.92 Å². The number of amides is 1. The highest BCUT2D eigenvalue weighted by molar-refractivity contribution is 7.87. The highest BCUT2D eigenvalue weighted by Gasteiger charge is 2.31. The average Bonchev–Trinajstić information content (AvgIpc) is 3.53. The number of benzene rings is 3. The molecule has 8 nitrogen and oxygen atoms in total. The van der Waals surface area contributed by atoms with Crippen LogP contribution in [0.3, 0.4) is 0 Å². The van der Waals surface area contributed by atoms with Crippen molar-refractivity contribution in [1.29, 1.82) is 0 Å². The predicted octanol–water partition coefficient (Wildman–Crippen LogP) is 5.57. The molecule has 0 atom stereocenters. The van der Waals surface area contributed by atoms with E-state index < -0.39 is 10.1 Å². The summed E-state index contributed by atoms with van der Waals surface area (Å²) in [7, 11) is -2.80. The summed E-state index contributed by atoms with van der Waals surface area (Å²) in [6, 6.07) is 16.7. The number of hydrogen-bond donors (Lipinski definition) is 2. The molecule has 0 spiro atoms. The molecular weight excluding hydrogens is 550 g/mol. The number of nitrogens with zero attached hydrogens (tertiary/aromatic N) is 1. The Morgan fingerprint density at radius 3 is 2.50 bits per heavy atom. The van der Waals surface area contributed by atoms with E-state index >= 15 is 0 Å². The molecule has 0 radical (unpaired) electrons. The number of fused-ring (bicyclic) bond motifs is 2. The lowest BCUT2D eigenvalue weighted by Crippen LogP contribution is -2.28. The number of nitrogens with one attached hydrogen (secondary N) is 2. The maximum absolute atomic E-state index is 13.2. The third-order valence-corrected chi connectivity index (χ3v) is 8.80. The van der Waals surface area contributed by atoms with Gasteiger partial charge in [0.25, 0.3) is 5.91 Å². The summed E-state index contributed by atoms with van der Waals surface area (Å²) < 4.78 is 37.3. The minimum Gasteiger partial charge on any atom is -0.495 e. The first-order valence-electron chi connectivity index (χ1n) is 13.2. The highest BCUT2D eigenvalue weighted by atomic mass is 35.5. The Labute approximate surface area is 240 Å². The second-order valence-electron chi connectivity index (χ2n) is 10.3. The lowest BCUT2D eigenvalue weighted by molar-refractivity contribution is 0.0966. The van der Waals surface area contributed by atoms with E-state index in [2.05, 4.69) is 33.4 Å². The molecule has 1 amide bonds. The first-order chi connectivity index (χ1) is 18.8. The standard InChI is InChI=1S/C30H31N3O5S.ClH/c1-19-6-10-27(37-2)28(14-19)39(35,36)38-26-11-8-22(29-23(26)17-31-30(29)34)25-16-21-15-20(7-9-24(21)32-25)18-33-12-4-3-5-13-33;/h6-11,14-16,32H,3-5,12-13,17-18H2,1-2H3,(H,31,34);1H. The molecule has 2 aliphatic rings. The van der Waals surface area contributed by atoms with Crippen molar-refractivity contribution in [2.45, 2.75) is 44.2 Å². The molecule has 3 heterocycles. The summed E-state index contributed by atoms with van der Waals surface area (Å²) >= 11 is 0. The van der Waals surface area contributed by atoms with Crippen molar-refractivity contribution in [3.05, 3.63) is 76.9 Å². The molecule has 4 aromatic rings. The number of rotatable bonds is 7. The van der Waals surface area contributed by atoms with Crippen LogP contribution in [0, 0.1) is 6.92 Å². The fraction of sp³-hybridized carbons (Fsp3) is 0.300. The summed E-state index contributed by atoms with van der Waals surface area (Å²) in [5.74, 6) is 0.0526. The quantitative estimate of drug-likeness (QED) is 0.277. The second kappa shape index (κ2) is 11.2. The van der Waals surface area contributed by atoms with Crippen LogP contribution in [0.4, 0.5) is 0 Å². The second-order valence-corrected chi connectivity index (χ2v) is 11.8. The number of carbonyl (C=O) groups excluding carboxylic acids is 1. The van der Waals surface area contributed by atoms with Crippen molar-refractivity contribution in [2.75, 3.05) is 20.2 Å². The predicted molar refractivity (Wildman–Crippen MR) is 157 cm³/mol. The molecule has 0 saturated carbocycles. The number of H-pyrrole nitrogens is 1. The summed E-state index contributed by atoms with van der Waals surface area (Å²) in [6.45, 7) is 5.18. The van der Waals surface area contributed by atoms with Gasteiger partial charge in [0.1, 0.15) is 16.4 Å². The van der Waals surface area contributed by atoms with Gasteiger partial charge in [0, 0.05) is 40.8 Å². The average molecular weight is 582 g/mol. The van der Waals surface area contributed by atoms with Gasteiger partial charge in [-0.1, -0.05) is 18.6 Å². The van der Waals surface area contributed by atoms with Crippen molar-refractivity contribution in [1.82, 2.24) is 15.2 Å². The van der Waals surface area contributed by atoms with Gasteiger partial charge < -0.3 is 19.2 Å². The molecular formula is C30H32ClN3O5S. The van der Waals surface area contributed by atoms with E-state index in [0.29, 0.717) is 16.7 Å². The third-order valence-electron chi connectivity index (χ3n) is 7.54. The van der Waals surface area contributed by atoms with E-state index in [-0.39, 0.29) is 41.3 Å². The normalized spacial score (nSPS) is 15.4. The number of aromatic nitrogens is 1. The monoisotopic (exact) mass is 581 g/mol. The minimum absolute atomic E-state index is 0. The van der Waals surface area contributed by atoms with E-state index in [9.17, 15) is 13.2 Å². The number of carbonyl (C=O) groups is 1. The molecule has 0 bridgehead atoms. The van der Waals surface area contributed by atoms with Gasteiger partial charge in [-0.2, -0.15) is 8.42 Å². The zero-order valence-corrected chi connectivity index (χ0v) is 24.1. The summed E-state index contributed by atoms with van der Waals surface area (Å²) in [5, 5.41) is 3.89. The molecule has 0 unspecified atom stereocenters. The Morgan fingerprint density at radius 1 is 0.950 bits per heavy atom. The number of aryl methyl sites for hydroxylation is 1. The van der Waals surface area contributed by atoms with Gasteiger partial charge in [-0.25, -0.2) is 0 Å². The molecule has 6 rings (SSSR count). The Morgan fingerprint density at radius 2 is 1.73 bits per heavy atom. The van der Waals surface area contributed by atoms with Crippen LogP contribution in [0.2, 0.25) is 0 Å². The van der Waals surface area contributed by atoms with Gasteiger partial charge in [-0.3, -0.25) is 9.69 Å². The first-order valence-corrected chi connectivity index (χ1v) is 14.6. The Kier molecular flexibility index (Phi) is 7.81. The van der Waals surface area contributed by atoms with E-state index in [1.165, 1.54) is 38.0 Å². The van der Waals surface area contributed by atoms with Crippen LogP contribution in [0.15, 0.2) is 59.5 Å². The SMILES string of the molecule is COc1ccc(C)cc1S(=O)(=O)Oc1ccc(-c2cc3cc(CN4CCCCC4)ccc3[nH]2)c2c1CNC2=O.Cl. The number of ether oxygens (including phenoxy) is 1. The maximum Gasteiger partial charge on any atom is 0.342 e. The number of halogens is 1. The van der Waals surface area contributed by atoms with E-state index in [1.54, 1.807) is 31.2 Å². The first kappa shape index (κ1) is 28.0. The van der Waals surface area contributed by atoms with Crippen molar-refractivity contribution in [2.24, 2.45) is 0 Å². The minimum atomic E-state index is -4.21. The van der Waals surface area contributed by atoms with Crippen molar-refractivity contribution in [3.8, 4) is 22.8 Å². The molecule has 2 aliphatic heterocycles. The summed E-state index contributed by atoms with van der Waals surface area (Å²) in [5.41, 5.74) is 5.42. The van der Waals surface area contributed by atoms with Gasteiger partial charge in [-0.05, 0) is 86.4 Å². The number of likely N-dealkylation sites (tertiary alicyclic amines) is 1. The lowest BCUT2D eigenvalue weighted by Gasteiger charge is -2.26. The fourth-order valence-corrected chi connectivity index (χ4v) is 6.78. The topological polar surface area (TPSA) is 101 Å². The van der Waals surface area contributed by atoms with Crippen LogP contribution < -0.4 is 14.2 Å². The van der Waals surface area contributed by atoms with Crippen LogP contribution in [0.25, 0.3) is 22.2 Å². The number of methoxy groups -OCH3 is 1. The zero-order chi connectivity index (χ0) is 27.1. The Balaban J connectivity index is 0.00000323. The molecule has 10 heteroatoms. The van der Waals surface area contributed by atoms with Crippen molar-refractivity contribution in [3.63, 3.8) is 0 Å². The van der Waals surface area contributed by atoms with Gasteiger partial charge in [0.2, 0.25) is 0 Å². The van der Waals surface area contributed by atoms with Gasteiger partial charge in [-0.15, -0.1) is 12.4 Å². The van der Waals surface area contributed by atoms with Gasteiger partial charge in [0.05, 0.1) is 12.7 Å². The van der Waals surface area contributed by atoms with E-state index in [0.717, 1.165) is 41.8 Å². The third kappa shape index (κ3) is 5.29. The number of piperidine rings is 1. The summed E-state index contributed by atoms with van der Waals surface area (Å²) in [6.07, 6.45) is 3.82. The van der Waals surface area contributed by atoms with Crippen LogP contribution in [0.5, 0.6) is 11.5 Å². The number of hydrogen-bond acceptors (Lipinski definition) is 6. The molecule has 1 saturated heterocycles. The van der Waals surface area contributed by atoms with Crippen molar-refractivity contribution >= 4 is 39.3 Å². The maximum atomic E-state index is 13.2. The van der Waals surface area contributed by atoms with Crippen molar-refractivity contribution < 1.29 is 22.1 Å². The molecule has 210 valence electrons. The van der Waals surface area contributed by atoms with Gasteiger partial charge >= 0.3 is 10.1 Å². The molecule has 1 aromatic heterocycles. The van der Waals surface area contributed by atoms with Crippen LogP contribution in [-0.2, 0) is 23.2 Å². The molecule has 2 N–H and O–H groups in total. The number of aromatic amines is 1. The zero-order valence-electron chi connectivity index (χ0n) is 22.5. The van der Waals surface area contributed by atoms with Crippen LogP contribution in [-0.4, -0.2) is 44.4 Å². The van der Waals surface area contributed by atoms with Gasteiger partial charge in [0.15, 0.2) is 0 Å². The Bertz CT molecular complexity index is 1690. The molecule has 3 aromatic carbocycles. The van der Waals surface area contributed by atoms with Crippen LogP contribution in [0.1, 0.15) is 46.3 Å². The van der Waals surface area contributed by atoms with E-state index in [1.807, 2.05) is 6.07 Å².